The lowest BCUT2D eigenvalue weighted by Crippen LogP contribution is -2.40. The van der Waals surface area contributed by atoms with Crippen LogP contribution in [-0.4, -0.2) is 37.6 Å². The molecule has 1 heterocycles. The van der Waals surface area contributed by atoms with E-state index in [0.29, 0.717) is 26.1 Å². The summed E-state index contributed by atoms with van der Waals surface area (Å²) < 4.78 is 4.96. The predicted molar refractivity (Wildman–Crippen MR) is 69.9 cm³/mol. The summed E-state index contributed by atoms with van der Waals surface area (Å²) in [7, 11) is 1.58. The molecule has 6 heteroatoms. The van der Waals surface area contributed by atoms with Gasteiger partial charge in [-0.05, 0) is 11.4 Å². The highest BCUT2D eigenvalue weighted by Crippen LogP contribution is 2.18. The third-order valence-corrected chi connectivity index (χ3v) is 3.44. The fourth-order valence-electron chi connectivity index (χ4n) is 1.51. The molecule has 1 rings (SSSR count). The first-order chi connectivity index (χ1) is 8.70. The van der Waals surface area contributed by atoms with Gasteiger partial charge < -0.3 is 15.4 Å². The summed E-state index contributed by atoms with van der Waals surface area (Å²) >= 11 is 1.46. The van der Waals surface area contributed by atoms with E-state index in [2.05, 4.69) is 0 Å². The van der Waals surface area contributed by atoms with Crippen molar-refractivity contribution in [1.82, 2.24) is 4.90 Å². The average Bonchev–Trinajstić information content (AvgIpc) is 2.91. The minimum atomic E-state index is -0.652. The normalized spacial score (nSPS) is 11.8. The molecule has 0 aliphatic rings. The van der Waals surface area contributed by atoms with Crippen LogP contribution in [0.25, 0.3) is 0 Å². The molecule has 0 bridgehead atoms. The van der Waals surface area contributed by atoms with Crippen LogP contribution in [0.15, 0.2) is 17.5 Å². The molecule has 0 aliphatic heterocycles. The van der Waals surface area contributed by atoms with Gasteiger partial charge in [0.15, 0.2) is 0 Å². The lowest BCUT2D eigenvalue weighted by atomic mass is 10.2. The SMILES string of the molecule is COCCN(CCC#N)C(=O)C(N)c1cccs1. The topological polar surface area (TPSA) is 79.3 Å². The first-order valence-electron chi connectivity index (χ1n) is 5.64. The van der Waals surface area contributed by atoms with Crippen LogP contribution in [0.5, 0.6) is 0 Å². The van der Waals surface area contributed by atoms with Crippen LogP contribution in [-0.2, 0) is 9.53 Å². The summed E-state index contributed by atoms with van der Waals surface area (Å²) in [6, 6.07) is 5.08. The first-order valence-corrected chi connectivity index (χ1v) is 6.52. The molecule has 1 amide bonds. The van der Waals surface area contributed by atoms with Crippen LogP contribution in [0, 0.1) is 11.3 Å². The summed E-state index contributed by atoms with van der Waals surface area (Å²) in [6.07, 6.45) is 0.298. The van der Waals surface area contributed by atoms with E-state index in [1.807, 2.05) is 23.6 Å². The Bertz CT molecular complexity index is 400. The zero-order valence-electron chi connectivity index (χ0n) is 10.3. The fourth-order valence-corrected chi connectivity index (χ4v) is 2.22. The van der Waals surface area contributed by atoms with E-state index in [-0.39, 0.29) is 5.91 Å². The highest BCUT2D eigenvalue weighted by molar-refractivity contribution is 7.10. The summed E-state index contributed by atoms with van der Waals surface area (Å²) in [5.41, 5.74) is 5.92. The molecule has 0 spiro atoms. The predicted octanol–water partition coefficient (Wildman–Crippen LogP) is 1.14. The van der Waals surface area contributed by atoms with Crippen molar-refractivity contribution in [3.63, 3.8) is 0 Å². The molecule has 1 unspecified atom stereocenters. The number of carbonyl (C=O) groups excluding carboxylic acids is 1. The fraction of sp³-hybridized carbons (Fsp3) is 0.500. The van der Waals surface area contributed by atoms with Crippen molar-refractivity contribution in [3.05, 3.63) is 22.4 Å². The zero-order valence-corrected chi connectivity index (χ0v) is 11.2. The molecule has 98 valence electrons. The maximum Gasteiger partial charge on any atom is 0.245 e. The Balaban J connectivity index is 2.65. The second kappa shape index (κ2) is 7.82. The second-order valence-corrected chi connectivity index (χ2v) is 4.70. The molecule has 0 saturated heterocycles. The molecule has 0 aromatic carbocycles. The summed E-state index contributed by atoms with van der Waals surface area (Å²) in [5, 5.41) is 10.5. The van der Waals surface area contributed by atoms with E-state index < -0.39 is 6.04 Å². The second-order valence-electron chi connectivity index (χ2n) is 3.72. The number of amides is 1. The lowest BCUT2D eigenvalue weighted by molar-refractivity contribution is -0.133. The Morgan fingerprint density at radius 3 is 3.00 bits per heavy atom. The van der Waals surface area contributed by atoms with Crippen LogP contribution in [0.4, 0.5) is 0 Å². The van der Waals surface area contributed by atoms with Gasteiger partial charge in [-0.25, -0.2) is 0 Å². The third-order valence-electron chi connectivity index (χ3n) is 2.49. The number of nitriles is 1. The Kier molecular flexibility index (Phi) is 6.36. The molecule has 5 nitrogen and oxygen atoms in total. The van der Waals surface area contributed by atoms with E-state index >= 15 is 0 Å². The van der Waals surface area contributed by atoms with Gasteiger partial charge in [0.2, 0.25) is 5.91 Å². The Morgan fingerprint density at radius 2 is 2.44 bits per heavy atom. The van der Waals surface area contributed by atoms with Crippen LogP contribution in [0.3, 0.4) is 0 Å². The van der Waals surface area contributed by atoms with Gasteiger partial charge in [0, 0.05) is 25.1 Å². The molecule has 2 N–H and O–H groups in total. The number of nitrogens with two attached hydrogens (primary N) is 1. The smallest absolute Gasteiger partial charge is 0.245 e. The molecule has 1 aromatic heterocycles. The van der Waals surface area contributed by atoms with Gasteiger partial charge in [-0.2, -0.15) is 5.26 Å². The number of carbonyl (C=O) groups is 1. The minimum Gasteiger partial charge on any atom is -0.383 e. The molecule has 0 radical (unpaired) electrons. The molecule has 1 aromatic rings. The van der Waals surface area contributed by atoms with E-state index in [4.69, 9.17) is 15.7 Å². The van der Waals surface area contributed by atoms with Gasteiger partial charge in [0.25, 0.3) is 0 Å². The van der Waals surface area contributed by atoms with Crippen molar-refractivity contribution in [3.8, 4) is 6.07 Å². The highest BCUT2D eigenvalue weighted by Gasteiger charge is 2.22. The number of hydrogen-bond acceptors (Lipinski definition) is 5. The summed E-state index contributed by atoms with van der Waals surface area (Å²) in [6.45, 7) is 1.28. The minimum absolute atomic E-state index is 0.162. The monoisotopic (exact) mass is 267 g/mol. The van der Waals surface area contributed by atoms with Gasteiger partial charge in [-0.1, -0.05) is 6.07 Å². The Hall–Kier alpha value is -1.42. The largest absolute Gasteiger partial charge is 0.383 e. The molecule has 0 aliphatic carbocycles. The number of ether oxygens (including phenoxy) is 1. The quantitative estimate of drug-likeness (QED) is 0.803. The van der Waals surface area contributed by atoms with E-state index in [1.54, 1.807) is 12.0 Å². The number of methoxy groups -OCH3 is 1. The molecule has 0 fully saturated rings. The van der Waals surface area contributed by atoms with Crippen LogP contribution >= 0.6 is 11.3 Å². The average molecular weight is 267 g/mol. The van der Waals surface area contributed by atoms with Gasteiger partial charge >= 0.3 is 0 Å². The summed E-state index contributed by atoms with van der Waals surface area (Å²) in [5.74, 6) is -0.162. The maximum absolute atomic E-state index is 12.2. The van der Waals surface area contributed by atoms with Crippen molar-refractivity contribution in [2.45, 2.75) is 12.5 Å². The molecule has 18 heavy (non-hydrogen) atoms. The van der Waals surface area contributed by atoms with Gasteiger partial charge in [-0.3, -0.25) is 4.79 Å². The van der Waals surface area contributed by atoms with Crippen LogP contribution in [0.1, 0.15) is 17.3 Å². The van der Waals surface area contributed by atoms with Crippen molar-refractivity contribution >= 4 is 17.2 Å². The lowest BCUT2D eigenvalue weighted by Gasteiger charge is -2.24. The van der Waals surface area contributed by atoms with Crippen molar-refractivity contribution in [2.24, 2.45) is 5.73 Å². The standard InChI is InChI=1S/C12H17N3O2S/c1-17-8-7-15(6-3-5-13)12(16)11(14)10-4-2-9-18-10/h2,4,9,11H,3,6-8,14H2,1H3. The Labute approximate surface area is 111 Å². The van der Waals surface area contributed by atoms with E-state index in [9.17, 15) is 4.79 Å². The number of thiophene rings is 1. The maximum atomic E-state index is 12.2. The molecule has 1 atom stereocenters. The molecule has 0 saturated carbocycles. The Morgan fingerprint density at radius 1 is 1.67 bits per heavy atom. The first kappa shape index (κ1) is 14.6. The van der Waals surface area contributed by atoms with Crippen LogP contribution in [0.2, 0.25) is 0 Å². The molecular weight excluding hydrogens is 250 g/mol. The van der Waals surface area contributed by atoms with Crippen molar-refractivity contribution < 1.29 is 9.53 Å². The third kappa shape index (κ3) is 4.11. The number of rotatable bonds is 7. The zero-order chi connectivity index (χ0) is 13.4. The molecular formula is C12H17N3O2S. The number of nitrogens with zero attached hydrogens (tertiary/aromatic N) is 2. The van der Waals surface area contributed by atoms with Gasteiger partial charge in [-0.15, -0.1) is 11.3 Å². The van der Waals surface area contributed by atoms with Crippen molar-refractivity contribution in [2.75, 3.05) is 26.8 Å². The highest BCUT2D eigenvalue weighted by atomic mass is 32.1. The van der Waals surface area contributed by atoms with Gasteiger partial charge in [0.1, 0.15) is 6.04 Å². The van der Waals surface area contributed by atoms with Crippen molar-refractivity contribution in [1.29, 1.82) is 5.26 Å². The van der Waals surface area contributed by atoms with E-state index in [0.717, 1.165) is 4.88 Å². The van der Waals surface area contributed by atoms with Gasteiger partial charge in [0.05, 0.1) is 19.1 Å². The van der Waals surface area contributed by atoms with Crippen LogP contribution < -0.4 is 5.73 Å². The van der Waals surface area contributed by atoms with E-state index in [1.165, 1.54) is 11.3 Å². The number of hydrogen-bond donors (Lipinski definition) is 1. The summed E-state index contributed by atoms with van der Waals surface area (Å²) in [4.78, 5) is 14.6.